The van der Waals surface area contributed by atoms with Gasteiger partial charge in [-0.3, -0.25) is 0 Å². The summed E-state index contributed by atoms with van der Waals surface area (Å²) in [7, 11) is 0.0694. The van der Waals surface area contributed by atoms with Gasteiger partial charge < -0.3 is 16.5 Å². The van der Waals surface area contributed by atoms with Gasteiger partial charge in [-0.15, -0.1) is 0 Å². The molecule has 0 rings (SSSR count). The zero-order valence-electron chi connectivity index (χ0n) is 6.13. The Hall–Kier alpha value is 0.924. The van der Waals surface area contributed by atoms with Crippen molar-refractivity contribution in [2.45, 2.75) is 0 Å². The molecule has 0 spiro atoms. The number of rotatable bonds is 4. The molecule has 0 saturated carbocycles. The average molecular weight is 217 g/mol. The van der Waals surface area contributed by atoms with Crippen LogP contribution in [0.4, 0.5) is 0 Å². The third-order valence-corrected chi connectivity index (χ3v) is 9.00. The minimum atomic E-state index is -2.44. The van der Waals surface area contributed by atoms with E-state index in [0.717, 1.165) is 0 Å². The molecular formula is H12O4Si5. The van der Waals surface area contributed by atoms with Gasteiger partial charge in [0.05, 0.1) is 0 Å². The lowest BCUT2D eigenvalue weighted by atomic mass is 15.6. The van der Waals surface area contributed by atoms with E-state index in [-0.39, 0.29) is 0 Å². The molecule has 0 fully saturated rings. The normalized spacial score (nSPS) is 18.7. The summed E-state index contributed by atoms with van der Waals surface area (Å²) in [4.78, 5) is 0. The van der Waals surface area contributed by atoms with Gasteiger partial charge in [-0.05, 0) is 0 Å². The number of hydrogen-bond acceptors (Lipinski definition) is 4. The van der Waals surface area contributed by atoms with Crippen LogP contribution in [-0.2, 0) is 16.5 Å². The van der Waals surface area contributed by atoms with Crippen LogP contribution in [0, 0.1) is 0 Å². The quantitative estimate of drug-likeness (QED) is 0.440. The average Bonchev–Trinajstić information content (AvgIpc) is 1.95. The second-order valence-corrected chi connectivity index (χ2v) is 8.85. The van der Waals surface area contributed by atoms with Gasteiger partial charge in [-0.2, -0.15) is 0 Å². The second kappa shape index (κ2) is 4.70. The van der Waals surface area contributed by atoms with Crippen molar-refractivity contribution in [1.29, 1.82) is 0 Å². The van der Waals surface area contributed by atoms with E-state index >= 15 is 0 Å². The van der Waals surface area contributed by atoms with Gasteiger partial charge >= 0.3 is 9.05 Å². The van der Waals surface area contributed by atoms with Gasteiger partial charge in [-0.1, -0.05) is 0 Å². The summed E-state index contributed by atoms with van der Waals surface area (Å²) in [6.07, 6.45) is 0. The van der Waals surface area contributed by atoms with Crippen molar-refractivity contribution in [3.8, 4) is 0 Å². The Morgan fingerprint density at radius 2 is 0.889 bits per heavy atom. The highest BCUT2D eigenvalue weighted by Crippen LogP contribution is 2.02. The molecule has 0 bridgehead atoms. The molecule has 56 valence electrons. The Balaban J connectivity index is 3.82. The monoisotopic (exact) mass is 216 g/mol. The molecule has 0 aromatic heterocycles. The predicted octanol–water partition coefficient (Wildman–Crippen LogP) is -5.39. The van der Waals surface area contributed by atoms with Gasteiger partial charge in [0.15, 0.2) is 0 Å². The first-order valence-electron chi connectivity index (χ1n) is 2.45. The minimum absolute atomic E-state index is 0.628. The Morgan fingerprint density at radius 3 is 0.889 bits per heavy atom. The second-order valence-electron chi connectivity index (χ2n) is 1.32. The Labute approximate surface area is 67.9 Å². The van der Waals surface area contributed by atoms with Crippen LogP contribution in [0.2, 0.25) is 0 Å². The summed E-state index contributed by atoms with van der Waals surface area (Å²) < 4.78 is 20.4. The van der Waals surface area contributed by atoms with Crippen LogP contribution in [0.3, 0.4) is 0 Å². The van der Waals surface area contributed by atoms with Crippen molar-refractivity contribution in [2.75, 3.05) is 0 Å². The van der Waals surface area contributed by atoms with Crippen LogP contribution in [0.5, 0.6) is 0 Å². The lowest BCUT2D eigenvalue weighted by molar-refractivity contribution is 0.189. The fraction of sp³-hybridized carbons (Fsp3) is 0. The maximum absolute atomic E-state index is 5.10. The highest BCUT2D eigenvalue weighted by molar-refractivity contribution is 6.66. The van der Waals surface area contributed by atoms with E-state index in [4.69, 9.17) is 16.5 Å². The van der Waals surface area contributed by atoms with Crippen LogP contribution in [0.15, 0.2) is 0 Å². The summed E-state index contributed by atoms with van der Waals surface area (Å²) in [6, 6.07) is 0. The molecule has 0 N–H and O–H groups in total. The summed E-state index contributed by atoms with van der Waals surface area (Å²) >= 11 is 0. The molecule has 0 amide bonds. The molecule has 0 radical (unpaired) electrons. The lowest BCUT2D eigenvalue weighted by Crippen LogP contribution is -2.46. The molecule has 0 aromatic carbocycles. The first kappa shape index (κ1) is 9.92. The highest BCUT2D eigenvalue weighted by Gasteiger charge is 2.36. The highest BCUT2D eigenvalue weighted by atomic mass is 28.5. The third-order valence-electron chi connectivity index (χ3n) is 1.00. The first-order chi connectivity index (χ1) is 4.24. The SMILES string of the molecule is [SiH3]O[Si](O[SiH3])(O[SiH3])O[SiH3]. The van der Waals surface area contributed by atoms with Crippen molar-refractivity contribution >= 4 is 51.0 Å². The van der Waals surface area contributed by atoms with Crippen molar-refractivity contribution in [2.24, 2.45) is 0 Å². The van der Waals surface area contributed by atoms with Crippen molar-refractivity contribution in [1.82, 2.24) is 0 Å². The van der Waals surface area contributed by atoms with Crippen molar-refractivity contribution < 1.29 is 16.5 Å². The number of hydrogen-bond donors (Lipinski definition) is 0. The van der Waals surface area contributed by atoms with Gasteiger partial charge in [0.1, 0.15) is 41.9 Å². The molecule has 0 saturated heterocycles. The van der Waals surface area contributed by atoms with E-state index in [1.807, 2.05) is 0 Å². The molecule has 0 aliphatic heterocycles. The van der Waals surface area contributed by atoms with Crippen LogP contribution in [0.25, 0.3) is 0 Å². The molecular weight excluding hydrogens is 204 g/mol. The minimum Gasteiger partial charge on any atom is -0.404 e. The van der Waals surface area contributed by atoms with Crippen LogP contribution in [-0.4, -0.2) is 51.0 Å². The zero-order chi connectivity index (χ0) is 7.33. The van der Waals surface area contributed by atoms with Crippen molar-refractivity contribution in [3.05, 3.63) is 0 Å². The van der Waals surface area contributed by atoms with Crippen LogP contribution >= 0.6 is 0 Å². The molecule has 0 aromatic rings. The largest absolute Gasteiger partial charge is 0.634 e. The molecule has 0 heterocycles. The molecule has 0 aliphatic carbocycles. The van der Waals surface area contributed by atoms with E-state index in [2.05, 4.69) is 0 Å². The molecule has 4 nitrogen and oxygen atoms in total. The van der Waals surface area contributed by atoms with Gasteiger partial charge in [-0.25, -0.2) is 0 Å². The summed E-state index contributed by atoms with van der Waals surface area (Å²) in [5, 5.41) is 0. The first-order valence-corrected chi connectivity index (χ1v) is 7.35. The smallest absolute Gasteiger partial charge is 0.404 e. The summed E-state index contributed by atoms with van der Waals surface area (Å²) in [5.41, 5.74) is 0. The predicted molar refractivity (Wildman–Crippen MR) is 49.9 cm³/mol. The molecule has 0 atom stereocenters. The van der Waals surface area contributed by atoms with E-state index in [0.29, 0.717) is 41.9 Å². The third kappa shape index (κ3) is 2.56. The van der Waals surface area contributed by atoms with Gasteiger partial charge in [0.2, 0.25) is 0 Å². The van der Waals surface area contributed by atoms with E-state index in [1.54, 1.807) is 0 Å². The Kier molecular flexibility index (Phi) is 5.18. The Morgan fingerprint density at radius 1 is 0.667 bits per heavy atom. The van der Waals surface area contributed by atoms with Crippen LogP contribution in [0.1, 0.15) is 0 Å². The molecule has 9 heavy (non-hydrogen) atoms. The molecule has 9 heteroatoms. The Bertz CT molecular complexity index is 51.8. The van der Waals surface area contributed by atoms with Crippen LogP contribution < -0.4 is 0 Å². The molecule has 0 unspecified atom stereocenters. The fourth-order valence-corrected chi connectivity index (χ4v) is 13.5. The standard InChI is InChI=1S/H12O4Si5/c5-1-9(2-6,3-7)4-8/h5-8H3. The summed E-state index contributed by atoms with van der Waals surface area (Å²) in [5.74, 6) is 0. The maximum Gasteiger partial charge on any atom is 0.634 e. The maximum atomic E-state index is 5.10. The van der Waals surface area contributed by atoms with Gasteiger partial charge in [0, 0.05) is 0 Å². The zero-order valence-corrected chi connectivity index (χ0v) is 15.1. The topological polar surface area (TPSA) is 36.9 Å². The van der Waals surface area contributed by atoms with E-state index in [9.17, 15) is 0 Å². The van der Waals surface area contributed by atoms with E-state index in [1.165, 1.54) is 0 Å². The van der Waals surface area contributed by atoms with Crippen molar-refractivity contribution in [3.63, 3.8) is 0 Å². The molecule has 0 aliphatic rings. The summed E-state index contributed by atoms with van der Waals surface area (Å²) in [6.45, 7) is 0. The van der Waals surface area contributed by atoms with Gasteiger partial charge in [0.25, 0.3) is 0 Å². The fourth-order valence-electron chi connectivity index (χ4n) is 0.500. The van der Waals surface area contributed by atoms with E-state index < -0.39 is 9.05 Å². The lowest BCUT2D eigenvalue weighted by Gasteiger charge is -2.22.